The Morgan fingerprint density at radius 2 is 2.15 bits per heavy atom. The molecule has 0 aromatic rings. The van der Waals surface area contributed by atoms with Crippen LogP contribution >= 0.6 is 0 Å². The fourth-order valence-electron chi connectivity index (χ4n) is 1.70. The van der Waals surface area contributed by atoms with Crippen LogP contribution in [0.25, 0.3) is 0 Å². The number of alkyl halides is 3. The molecule has 13 heavy (non-hydrogen) atoms. The van der Waals surface area contributed by atoms with Gasteiger partial charge >= 0.3 is 6.18 Å². The van der Waals surface area contributed by atoms with Crippen LogP contribution in [0.5, 0.6) is 0 Å². The lowest BCUT2D eigenvalue weighted by Crippen LogP contribution is -2.35. The van der Waals surface area contributed by atoms with Crippen LogP contribution in [0.1, 0.15) is 19.8 Å². The maximum absolute atomic E-state index is 12.1. The van der Waals surface area contributed by atoms with E-state index in [1.807, 2.05) is 0 Å². The summed E-state index contributed by atoms with van der Waals surface area (Å²) in [5.41, 5.74) is 0. The fraction of sp³-hybridized carbons (Fsp3) is 1.00. The Bertz CT molecular complexity index is 152. The molecule has 0 radical (unpaired) electrons. The average Bonchev–Trinajstić information content (AvgIpc) is 2.50. The minimum absolute atomic E-state index is 0.0216. The van der Waals surface area contributed by atoms with Crippen LogP contribution in [0, 0.1) is 5.92 Å². The highest BCUT2D eigenvalue weighted by atomic mass is 19.4. The molecule has 2 unspecified atom stereocenters. The van der Waals surface area contributed by atoms with Crippen LogP contribution in [0.4, 0.5) is 13.2 Å². The molecule has 1 saturated heterocycles. The van der Waals surface area contributed by atoms with E-state index in [0.717, 1.165) is 0 Å². The topological polar surface area (TPSA) is 24.1 Å². The van der Waals surface area contributed by atoms with Crippen molar-refractivity contribution in [2.45, 2.75) is 32.0 Å². The van der Waals surface area contributed by atoms with Crippen molar-refractivity contribution in [2.24, 2.45) is 5.92 Å². The van der Waals surface area contributed by atoms with E-state index in [0.29, 0.717) is 19.6 Å². The molecule has 2 nitrogen and oxygen atoms in total. The number of hydrogen-bond acceptors (Lipinski definition) is 2. The SMILES string of the molecule is CCC(CC(F)(F)F)C1CNCN1. The molecule has 5 heteroatoms. The second kappa shape index (κ2) is 4.28. The molecule has 0 spiro atoms. The van der Waals surface area contributed by atoms with Gasteiger partial charge in [-0.25, -0.2) is 0 Å². The van der Waals surface area contributed by atoms with Crippen LogP contribution in [-0.4, -0.2) is 25.4 Å². The first-order chi connectivity index (χ1) is 6.03. The molecule has 0 amide bonds. The maximum atomic E-state index is 12.1. The van der Waals surface area contributed by atoms with Crippen molar-refractivity contribution in [1.82, 2.24) is 10.6 Å². The van der Waals surface area contributed by atoms with E-state index >= 15 is 0 Å². The second-order valence-electron chi connectivity index (χ2n) is 3.43. The summed E-state index contributed by atoms with van der Waals surface area (Å²) in [6.45, 7) is 3.07. The summed E-state index contributed by atoms with van der Waals surface area (Å²) in [6.07, 6.45) is -4.15. The van der Waals surface area contributed by atoms with Gasteiger partial charge in [0.25, 0.3) is 0 Å². The summed E-state index contributed by atoms with van der Waals surface area (Å²) >= 11 is 0. The first kappa shape index (κ1) is 10.8. The zero-order chi connectivity index (χ0) is 9.90. The quantitative estimate of drug-likeness (QED) is 0.714. The van der Waals surface area contributed by atoms with E-state index in [9.17, 15) is 13.2 Å². The standard InChI is InChI=1S/C8H15F3N2/c1-2-6(3-8(9,10)11)7-4-12-5-13-7/h6-7,12-13H,2-5H2,1H3. The second-order valence-corrected chi connectivity index (χ2v) is 3.43. The minimum Gasteiger partial charge on any atom is -0.303 e. The largest absolute Gasteiger partial charge is 0.389 e. The molecule has 0 bridgehead atoms. The van der Waals surface area contributed by atoms with E-state index in [1.165, 1.54) is 0 Å². The Balaban J connectivity index is 2.42. The van der Waals surface area contributed by atoms with Gasteiger partial charge in [0.15, 0.2) is 0 Å². The Kier molecular flexibility index (Phi) is 3.55. The maximum Gasteiger partial charge on any atom is 0.389 e. The summed E-state index contributed by atoms with van der Waals surface area (Å²) in [5, 5.41) is 6.01. The fourth-order valence-corrected chi connectivity index (χ4v) is 1.70. The molecule has 1 aliphatic rings. The average molecular weight is 196 g/mol. The van der Waals surface area contributed by atoms with Crippen molar-refractivity contribution in [3.63, 3.8) is 0 Å². The van der Waals surface area contributed by atoms with Crippen molar-refractivity contribution in [1.29, 1.82) is 0 Å². The van der Waals surface area contributed by atoms with Crippen LogP contribution in [0.2, 0.25) is 0 Å². The molecular weight excluding hydrogens is 181 g/mol. The molecule has 0 aliphatic carbocycles. The van der Waals surface area contributed by atoms with Crippen LogP contribution in [0.15, 0.2) is 0 Å². The minimum atomic E-state index is -4.04. The van der Waals surface area contributed by atoms with E-state index in [1.54, 1.807) is 6.92 Å². The van der Waals surface area contributed by atoms with Crippen molar-refractivity contribution >= 4 is 0 Å². The predicted molar refractivity (Wildman–Crippen MR) is 44.2 cm³/mol. The Labute approximate surface area is 75.9 Å². The normalized spacial score (nSPS) is 26.3. The van der Waals surface area contributed by atoms with Gasteiger partial charge in [-0.1, -0.05) is 13.3 Å². The lowest BCUT2D eigenvalue weighted by molar-refractivity contribution is -0.146. The van der Waals surface area contributed by atoms with Gasteiger partial charge in [-0.3, -0.25) is 0 Å². The summed E-state index contributed by atoms with van der Waals surface area (Å²) < 4.78 is 36.3. The smallest absolute Gasteiger partial charge is 0.303 e. The van der Waals surface area contributed by atoms with Crippen molar-refractivity contribution in [3.05, 3.63) is 0 Å². The van der Waals surface area contributed by atoms with Crippen LogP contribution in [-0.2, 0) is 0 Å². The first-order valence-corrected chi connectivity index (χ1v) is 4.54. The van der Waals surface area contributed by atoms with Gasteiger partial charge in [0.2, 0.25) is 0 Å². The van der Waals surface area contributed by atoms with Gasteiger partial charge in [-0.15, -0.1) is 0 Å². The molecule has 2 atom stereocenters. The van der Waals surface area contributed by atoms with Gasteiger partial charge < -0.3 is 10.6 Å². The molecule has 1 heterocycles. The van der Waals surface area contributed by atoms with E-state index < -0.39 is 12.6 Å². The molecular formula is C8H15F3N2. The molecule has 78 valence electrons. The van der Waals surface area contributed by atoms with Crippen molar-refractivity contribution < 1.29 is 13.2 Å². The van der Waals surface area contributed by atoms with E-state index in [4.69, 9.17) is 0 Å². The summed E-state index contributed by atoms with van der Waals surface area (Å²) in [5.74, 6) is -0.296. The monoisotopic (exact) mass is 196 g/mol. The number of rotatable bonds is 3. The summed E-state index contributed by atoms with van der Waals surface area (Å²) in [4.78, 5) is 0. The Hall–Kier alpha value is -0.290. The van der Waals surface area contributed by atoms with Gasteiger partial charge in [0, 0.05) is 25.7 Å². The van der Waals surface area contributed by atoms with Crippen molar-refractivity contribution in [3.8, 4) is 0 Å². The summed E-state index contributed by atoms with van der Waals surface area (Å²) in [6, 6.07) is -0.0216. The lowest BCUT2D eigenvalue weighted by atomic mass is 9.94. The Morgan fingerprint density at radius 1 is 1.46 bits per heavy atom. The van der Waals surface area contributed by atoms with Gasteiger partial charge in [-0.05, 0) is 5.92 Å². The first-order valence-electron chi connectivity index (χ1n) is 4.54. The summed E-state index contributed by atoms with van der Waals surface area (Å²) in [7, 11) is 0. The number of hydrogen-bond donors (Lipinski definition) is 2. The third kappa shape index (κ3) is 3.52. The highest BCUT2D eigenvalue weighted by molar-refractivity contribution is 4.83. The molecule has 0 aromatic heterocycles. The highest BCUT2D eigenvalue weighted by Gasteiger charge is 2.35. The lowest BCUT2D eigenvalue weighted by Gasteiger charge is -2.22. The van der Waals surface area contributed by atoms with Crippen LogP contribution in [0.3, 0.4) is 0 Å². The highest BCUT2D eigenvalue weighted by Crippen LogP contribution is 2.28. The van der Waals surface area contributed by atoms with E-state index in [2.05, 4.69) is 10.6 Å². The number of nitrogens with one attached hydrogen (secondary N) is 2. The third-order valence-electron chi connectivity index (χ3n) is 2.44. The molecule has 1 aliphatic heterocycles. The Morgan fingerprint density at radius 3 is 2.54 bits per heavy atom. The zero-order valence-electron chi connectivity index (χ0n) is 7.62. The van der Waals surface area contributed by atoms with Gasteiger partial charge in [0.05, 0.1) is 0 Å². The van der Waals surface area contributed by atoms with Gasteiger partial charge in [-0.2, -0.15) is 13.2 Å². The third-order valence-corrected chi connectivity index (χ3v) is 2.44. The molecule has 1 rings (SSSR count). The van der Waals surface area contributed by atoms with Gasteiger partial charge in [0.1, 0.15) is 0 Å². The zero-order valence-corrected chi connectivity index (χ0v) is 7.62. The predicted octanol–water partition coefficient (Wildman–Crippen LogP) is 1.48. The van der Waals surface area contributed by atoms with Crippen LogP contribution < -0.4 is 10.6 Å². The molecule has 2 N–H and O–H groups in total. The molecule has 0 aromatic carbocycles. The number of halogens is 3. The van der Waals surface area contributed by atoms with E-state index in [-0.39, 0.29) is 12.0 Å². The van der Waals surface area contributed by atoms with Crippen molar-refractivity contribution in [2.75, 3.05) is 13.2 Å². The molecule has 0 saturated carbocycles. The molecule has 1 fully saturated rings.